The molecule has 0 spiro atoms. The summed E-state index contributed by atoms with van der Waals surface area (Å²) >= 11 is 0. The van der Waals surface area contributed by atoms with Gasteiger partial charge in [0, 0.05) is 0 Å². The van der Waals surface area contributed by atoms with Crippen LogP contribution in [0.2, 0.25) is 0 Å². The van der Waals surface area contributed by atoms with E-state index in [1.165, 1.54) is 0 Å². The molecule has 5 nitrogen and oxygen atoms in total. The van der Waals surface area contributed by atoms with Crippen LogP contribution in [-0.2, 0) is 4.79 Å². The van der Waals surface area contributed by atoms with Crippen LogP contribution in [0.1, 0.15) is 11.6 Å². The number of aliphatic carboxylic acids is 1. The Kier molecular flexibility index (Phi) is 4.08. The van der Waals surface area contributed by atoms with Crippen LogP contribution in [0, 0.1) is 0 Å². The van der Waals surface area contributed by atoms with Crippen molar-refractivity contribution in [3.63, 3.8) is 0 Å². The van der Waals surface area contributed by atoms with E-state index in [2.05, 4.69) is 0 Å². The van der Waals surface area contributed by atoms with E-state index in [-0.39, 0.29) is 13.2 Å². The zero-order valence-electron chi connectivity index (χ0n) is 8.09. The predicted molar refractivity (Wildman–Crippen MR) is 53.6 cm³/mol. The molecule has 1 aromatic rings. The second-order valence-electron chi connectivity index (χ2n) is 2.96. The molecule has 0 heterocycles. The van der Waals surface area contributed by atoms with Crippen molar-refractivity contribution in [3.8, 4) is 5.75 Å². The largest absolute Gasteiger partial charge is 0.491 e. The highest BCUT2D eigenvalue weighted by Gasteiger charge is 2.13. The first-order valence-corrected chi connectivity index (χ1v) is 4.47. The number of benzene rings is 1. The van der Waals surface area contributed by atoms with E-state index in [9.17, 15) is 4.79 Å². The topological polar surface area (TPSA) is 92.8 Å². The van der Waals surface area contributed by atoms with E-state index in [0.29, 0.717) is 11.3 Å². The molecule has 0 amide bonds. The van der Waals surface area contributed by atoms with Crippen molar-refractivity contribution in [1.82, 2.24) is 0 Å². The summed E-state index contributed by atoms with van der Waals surface area (Å²) in [5.41, 5.74) is 5.92. The molecule has 5 heteroatoms. The van der Waals surface area contributed by atoms with Crippen molar-refractivity contribution in [2.45, 2.75) is 6.04 Å². The number of carbonyl (C=O) groups is 1. The Morgan fingerprint density at radius 1 is 1.40 bits per heavy atom. The zero-order valence-corrected chi connectivity index (χ0v) is 8.09. The number of rotatable bonds is 5. The minimum absolute atomic E-state index is 0.0591. The molecule has 0 aliphatic rings. The van der Waals surface area contributed by atoms with Crippen molar-refractivity contribution < 1.29 is 19.7 Å². The highest BCUT2D eigenvalue weighted by molar-refractivity contribution is 5.75. The van der Waals surface area contributed by atoms with Gasteiger partial charge in [-0.2, -0.15) is 0 Å². The lowest BCUT2D eigenvalue weighted by atomic mass is 10.1. The summed E-state index contributed by atoms with van der Waals surface area (Å²) in [6.45, 7) is 0.153. The van der Waals surface area contributed by atoms with Gasteiger partial charge in [0.15, 0.2) is 0 Å². The van der Waals surface area contributed by atoms with Crippen molar-refractivity contribution in [2.75, 3.05) is 13.2 Å². The lowest BCUT2D eigenvalue weighted by Gasteiger charge is -2.08. The van der Waals surface area contributed by atoms with E-state index in [0.717, 1.165) is 0 Å². The van der Waals surface area contributed by atoms with E-state index in [1.807, 2.05) is 0 Å². The fourth-order valence-corrected chi connectivity index (χ4v) is 1.08. The average Bonchev–Trinajstić information content (AvgIpc) is 2.26. The summed E-state index contributed by atoms with van der Waals surface area (Å²) in [4.78, 5) is 10.6. The van der Waals surface area contributed by atoms with Gasteiger partial charge in [-0.05, 0) is 17.7 Å². The first kappa shape index (κ1) is 11.5. The standard InChI is InChI=1S/C10H13NO4/c11-9(10(13)14)7-1-3-8(4-2-7)15-6-5-12/h1-4,9,12H,5-6,11H2,(H,13,14)/t9-/m1/s1. The molecule has 4 N–H and O–H groups in total. The van der Waals surface area contributed by atoms with Gasteiger partial charge in [-0.3, -0.25) is 4.79 Å². The van der Waals surface area contributed by atoms with Gasteiger partial charge in [-0.15, -0.1) is 0 Å². The summed E-state index contributed by atoms with van der Waals surface area (Å²) in [5.74, 6) is -0.496. The minimum Gasteiger partial charge on any atom is -0.491 e. The quantitative estimate of drug-likeness (QED) is 0.644. The van der Waals surface area contributed by atoms with Crippen molar-refractivity contribution in [2.24, 2.45) is 5.73 Å². The van der Waals surface area contributed by atoms with Gasteiger partial charge >= 0.3 is 5.97 Å². The van der Waals surface area contributed by atoms with Crippen LogP contribution in [0.5, 0.6) is 5.75 Å². The first-order valence-electron chi connectivity index (χ1n) is 4.47. The molecular formula is C10H13NO4. The van der Waals surface area contributed by atoms with Crippen LogP contribution < -0.4 is 10.5 Å². The summed E-state index contributed by atoms with van der Waals surface area (Å²) in [6, 6.07) is 5.40. The van der Waals surface area contributed by atoms with Gasteiger partial charge < -0.3 is 20.7 Å². The third-order valence-electron chi connectivity index (χ3n) is 1.87. The van der Waals surface area contributed by atoms with Crippen LogP contribution in [0.3, 0.4) is 0 Å². The second kappa shape index (κ2) is 5.33. The number of hydrogen-bond acceptors (Lipinski definition) is 4. The monoisotopic (exact) mass is 211 g/mol. The number of hydrogen-bond donors (Lipinski definition) is 3. The maximum Gasteiger partial charge on any atom is 0.325 e. The van der Waals surface area contributed by atoms with E-state index < -0.39 is 12.0 Å². The molecule has 0 unspecified atom stereocenters. The summed E-state index contributed by atoms with van der Waals surface area (Å²) in [6.07, 6.45) is 0. The number of aliphatic hydroxyl groups excluding tert-OH is 1. The van der Waals surface area contributed by atoms with E-state index in [4.69, 9.17) is 20.7 Å². The molecule has 0 saturated heterocycles. The normalized spacial score (nSPS) is 12.1. The smallest absolute Gasteiger partial charge is 0.325 e. The molecule has 0 aliphatic carbocycles. The Bertz CT molecular complexity index is 323. The van der Waals surface area contributed by atoms with Gasteiger partial charge in [0.1, 0.15) is 18.4 Å². The van der Waals surface area contributed by atoms with Crippen LogP contribution in [0.4, 0.5) is 0 Å². The Labute approximate surface area is 87.1 Å². The molecule has 0 radical (unpaired) electrons. The van der Waals surface area contributed by atoms with Gasteiger partial charge in [-0.25, -0.2) is 0 Å². The zero-order chi connectivity index (χ0) is 11.3. The van der Waals surface area contributed by atoms with Crippen molar-refractivity contribution >= 4 is 5.97 Å². The summed E-state index contributed by atoms with van der Waals surface area (Å²) < 4.78 is 5.11. The second-order valence-corrected chi connectivity index (χ2v) is 2.96. The van der Waals surface area contributed by atoms with Crippen LogP contribution in [-0.4, -0.2) is 29.4 Å². The first-order chi connectivity index (χ1) is 7.15. The Balaban J connectivity index is 2.67. The fraction of sp³-hybridized carbons (Fsp3) is 0.300. The van der Waals surface area contributed by atoms with E-state index in [1.54, 1.807) is 24.3 Å². The van der Waals surface area contributed by atoms with Crippen molar-refractivity contribution in [3.05, 3.63) is 29.8 Å². The molecular weight excluding hydrogens is 198 g/mol. The van der Waals surface area contributed by atoms with Gasteiger partial charge in [0.05, 0.1) is 6.61 Å². The fourth-order valence-electron chi connectivity index (χ4n) is 1.08. The van der Waals surface area contributed by atoms with Crippen LogP contribution in [0.15, 0.2) is 24.3 Å². The molecule has 1 rings (SSSR count). The number of aliphatic hydroxyl groups is 1. The average molecular weight is 211 g/mol. The third-order valence-corrected chi connectivity index (χ3v) is 1.87. The highest BCUT2D eigenvalue weighted by Crippen LogP contribution is 2.16. The summed E-state index contributed by atoms with van der Waals surface area (Å²) in [7, 11) is 0. The predicted octanol–water partition coefficient (Wildman–Crippen LogP) is 0.142. The maximum atomic E-state index is 10.6. The highest BCUT2D eigenvalue weighted by atomic mass is 16.5. The maximum absolute atomic E-state index is 10.6. The molecule has 0 saturated carbocycles. The van der Waals surface area contributed by atoms with Gasteiger partial charge in [0.2, 0.25) is 0 Å². The Morgan fingerprint density at radius 2 is 2.00 bits per heavy atom. The Morgan fingerprint density at radius 3 is 2.47 bits per heavy atom. The van der Waals surface area contributed by atoms with Gasteiger partial charge in [-0.1, -0.05) is 12.1 Å². The number of ether oxygens (including phenoxy) is 1. The van der Waals surface area contributed by atoms with E-state index >= 15 is 0 Å². The molecule has 82 valence electrons. The van der Waals surface area contributed by atoms with Crippen LogP contribution in [0.25, 0.3) is 0 Å². The molecule has 1 aromatic carbocycles. The Hall–Kier alpha value is -1.59. The third kappa shape index (κ3) is 3.23. The molecule has 0 bridgehead atoms. The minimum atomic E-state index is -1.07. The number of nitrogens with two attached hydrogens (primary N) is 1. The molecule has 0 aliphatic heterocycles. The molecule has 0 aromatic heterocycles. The van der Waals surface area contributed by atoms with Gasteiger partial charge in [0.25, 0.3) is 0 Å². The lowest BCUT2D eigenvalue weighted by Crippen LogP contribution is -2.20. The van der Waals surface area contributed by atoms with Crippen molar-refractivity contribution in [1.29, 1.82) is 0 Å². The molecule has 1 atom stereocenters. The molecule has 0 fully saturated rings. The lowest BCUT2D eigenvalue weighted by molar-refractivity contribution is -0.138. The molecule has 15 heavy (non-hydrogen) atoms. The SMILES string of the molecule is N[C@@H](C(=O)O)c1ccc(OCCO)cc1. The summed E-state index contributed by atoms with van der Waals surface area (Å²) in [5, 5.41) is 17.2. The van der Waals surface area contributed by atoms with Crippen LogP contribution >= 0.6 is 0 Å². The number of carboxylic acids is 1. The number of carboxylic acid groups (broad SMARTS) is 1.